The van der Waals surface area contributed by atoms with E-state index < -0.39 is 28.7 Å². The molecule has 2 fully saturated rings. The molecule has 3 aromatic rings. The first-order chi connectivity index (χ1) is 21.3. The summed E-state index contributed by atoms with van der Waals surface area (Å²) in [5.41, 5.74) is 0.667. The Bertz CT molecular complexity index is 1650. The van der Waals surface area contributed by atoms with Crippen LogP contribution in [-0.4, -0.2) is 40.5 Å². The number of nitrogens with one attached hydrogen (secondary N) is 1. The molecule has 2 aliphatic rings. The summed E-state index contributed by atoms with van der Waals surface area (Å²) in [4.78, 5) is 13.8. The van der Waals surface area contributed by atoms with E-state index in [0.29, 0.717) is 28.7 Å². The second-order valence-electron chi connectivity index (χ2n) is 11.1. The molecule has 0 radical (unpaired) electrons. The lowest BCUT2D eigenvalue weighted by Crippen LogP contribution is -2.25. The van der Waals surface area contributed by atoms with Crippen molar-refractivity contribution in [3.05, 3.63) is 80.7 Å². The molecule has 2 aliphatic carbocycles. The Morgan fingerprint density at radius 1 is 0.978 bits per heavy atom. The smallest absolute Gasteiger partial charge is 0.387 e. The van der Waals surface area contributed by atoms with Crippen LogP contribution in [0.1, 0.15) is 53.3 Å². The summed E-state index contributed by atoms with van der Waals surface area (Å²) in [5, 5.41) is 11.9. The zero-order valence-corrected chi connectivity index (χ0v) is 26.3. The first-order valence-corrected chi connectivity index (χ1v) is 16.7. The Labute approximate surface area is 268 Å². The summed E-state index contributed by atoms with van der Waals surface area (Å²) in [6.07, 6.45) is 5.79. The first kappa shape index (κ1) is 32.8. The van der Waals surface area contributed by atoms with Gasteiger partial charge in [-0.15, -0.1) is 0 Å². The Morgan fingerprint density at radius 3 is 2.16 bits per heavy atom. The van der Waals surface area contributed by atoms with Crippen molar-refractivity contribution in [3.63, 3.8) is 0 Å². The quantitative estimate of drug-likeness (QED) is 0.112. The van der Waals surface area contributed by atoms with Gasteiger partial charge in [-0.2, -0.15) is 13.5 Å². The van der Waals surface area contributed by atoms with Crippen molar-refractivity contribution in [3.8, 4) is 17.2 Å². The maximum absolute atomic E-state index is 13.8. The van der Waals surface area contributed by atoms with Crippen molar-refractivity contribution in [2.45, 2.75) is 44.8 Å². The Balaban J connectivity index is 1.51. The highest BCUT2D eigenvalue weighted by Gasteiger charge is 2.29. The van der Waals surface area contributed by atoms with Gasteiger partial charge in [-0.25, -0.2) is 13.2 Å². The number of ether oxygens (including phenoxy) is 4. The monoisotopic (exact) mass is 686 g/mol. The number of alkyl halides is 2. The van der Waals surface area contributed by atoms with Crippen LogP contribution in [0.25, 0.3) is 0 Å². The molecule has 1 N–H and O–H groups in total. The molecular weight excluding hydrogens is 657 g/mol. The van der Waals surface area contributed by atoms with Gasteiger partial charge in [-0.05, 0) is 73.4 Å². The largest absolute Gasteiger partial charge is 0.619 e. The van der Waals surface area contributed by atoms with Gasteiger partial charge < -0.3 is 24.2 Å². The molecule has 5 rings (SSSR count). The average Bonchev–Trinajstić information content (AvgIpc) is 3.87. The molecule has 242 valence electrons. The number of sulfonamides is 1. The fourth-order valence-electron chi connectivity index (χ4n) is 4.44. The van der Waals surface area contributed by atoms with Crippen molar-refractivity contribution >= 4 is 44.9 Å². The number of esters is 1. The van der Waals surface area contributed by atoms with Gasteiger partial charge in [0.25, 0.3) is 0 Å². The van der Waals surface area contributed by atoms with E-state index in [1.54, 1.807) is 0 Å². The van der Waals surface area contributed by atoms with Crippen LogP contribution in [0, 0.1) is 17.0 Å². The van der Waals surface area contributed by atoms with Crippen molar-refractivity contribution in [2.75, 3.05) is 24.2 Å². The van der Waals surface area contributed by atoms with E-state index in [-0.39, 0.29) is 57.1 Å². The second-order valence-corrected chi connectivity index (χ2v) is 13.6. The zero-order valence-electron chi connectivity index (χ0n) is 24.0. The molecule has 0 saturated heterocycles. The maximum Gasteiger partial charge on any atom is 0.387 e. The number of carbonyl (C=O) groups is 1. The number of halogens is 4. The van der Waals surface area contributed by atoms with Gasteiger partial charge in [0.15, 0.2) is 23.9 Å². The lowest BCUT2D eigenvalue weighted by Gasteiger charge is -2.22. The lowest BCUT2D eigenvalue weighted by molar-refractivity contribution is -0.605. The molecule has 1 atom stereocenters. The van der Waals surface area contributed by atoms with Crippen LogP contribution >= 0.6 is 23.2 Å². The van der Waals surface area contributed by atoms with Crippen molar-refractivity contribution in [1.82, 2.24) is 0 Å². The zero-order chi connectivity index (χ0) is 32.3. The van der Waals surface area contributed by atoms with Gasteiger partial charge in [0.2, 0.25) is 10.0 Å². The van der Waals surface area contributed by atoms with Gasteiger partial charge in [-0.1, -0.05) is 29.3 Å². The van der Waals surface area contributed by atoms with E-state index in [1.807, 2.05) is 0 Å². The number of nitrogens with zero attached hydrogens (tertiary/aromatic N) is 1. The van der Waals surface area contributed by atoms with Crippen LogP contribution in [0.2, 0.25) is 10.0 Å². The molecule has 1 heterocycles. The van der Waals surface area contributed by atoms with Crippen LogP contribution in [-0.2, 0) is 21.2 Å². The minimum absolute atomic E-state index is 0.00853. The summed E-state index contributed by atoms with van der Waals surface area (Å²) in [7, 11) is -3.67. The van der Waals surface area contributed by atoms with Crippen LogP contribution in [0.4, 0.5) is 14.5 Å². The molecule has 2 aromatic carbocycles. The number of hydrogen-bond donors (Lipinski definition) is 1. The molecule has 0 aliphatic heterocycles. The summed E-state index contributed by atoms with van der Waals surface area (Å²) in [6.45, 7) is -2.45. The van der Waals surface area contributed by atoms with Gasteiger partial charge in [0, 0.05) is 17.7 Å². The third kappa shape index (κ3) is 9.47. The highest BCUT2D eigenvalue weighted by atomic mass is 35.5. The summed E-state index contributed by atoms with van der Waals surface area (Å²) in [6, 6.07) is 8.39. The molecule has 45 heavy (non-hydrogen) atoms. The highest BCUT2D eigenvalue weighted by Crippen LogP contribution is 2.39. The Kier molecular flexibility index (Phi) is 10.1. The van der Waals surface area contributed by atoms with Gasteiger partial charge in [0.05, 0.1) is 19.5 Å². The number of carbonyl (C=O) groups excluding carboxylic acids is 1. The van der Waals surface area contributed by atoms with Crippen LogP contribution in [0.15, 0.2) is 48.8 Å². The van der Waals surface area contributed by atoms with E-state index in [9.17, 15) is 27.2 Å². The van der Waals surface area contributed by atoms with Crippen molar-refractivity contribution in [2.24, 2.45) is 11.8 Å². The fourth-order valence-corrected chi connectivity index (χ4v) is 5.59. The van der Waals surface area contributed by atoms with Crippen LogP contribution in [0.3, 0.4) is 0 Å². The molecule has 1 aromatic heterocycles. The SMILES string of the molecule is CS(=O)(=O)Nc1ccc(OCC2CC2)c(C(=O)O[C@@H](Cc2c(Cl)c[n+]([O-])cc2Cl)c2ccc(OC(F)F)c(OCC3CC3)c2)c1. The standard InChI is InChI=1S/C30H30Cl2F2N2O8S/c1-45(39,40)35-20-7-9-25(41-15-17-2-3-17)22(11-20)29(37)43-27(12-21-23(31)13-36(38)14-24(21)32)19-6-8-26(44-30(33)34)28(10-19)42-16-18-4-5-18/h6-11,13-14,17-18,27,30,35H,2-5,12,15-16H2,1H3/t27-/m0/s1. The molecule has 0 spiro atoms. The first-order valence-electron chi connectivity index (χ1n) is 14.1. The highest BCUT2D eigenvalue weighted by molar-refractivity contribution is 7.92. The Morgan fingerprint density at radius 2 is 1.58 bits per heavy atom. The minimum Gasteiger partial charge on any atom is -0.619 e. The second kappa shape index (κ2) is 13.8. The normalized spacial score (nSPS) is 15.4. The molecule has 2 saturated carbocycles. The van der Waals surface area contributed by atoms with Crippen molar-refractivity contribution < 1.29 is 45.7 Å². The number of rotatable bonds is 15. The summed E-state index contributed by atoms with van der Waals surface area (Å²) < 4.78 is 75.2. The summed E-state index contributed by atoms with van der Waals surface area (Å²) in [5.74, 6) is -0.219. The summed E-state index contributed by atoms with van der Waals surface area (Å²) >= 11 is 12.7. The predicted molar refractivity (Wildman–Crippen MR) is 162 cm³/mol. The third-order valence-electron chi connectivity index (χ3n) is 7.10. The minimum atomic E-state index is -3.67. The number of hydrogen-bond acceptors (Lipinski definition) is 8. The molecular formula is C30H30Cl2F2N2O8S. The van der Waals surface area contributed by atoms with E-state index in [0.717, 1.165) is 44.3 Å². The topological polar surface area (TPSA) is 127 Å². The number of pyridine rings is 1. The maximum atomic E-state index is 13.8. The van der Waals surface area contributed by atoms with Crippen molar-refractivity contribution in [1.29, 1.82) is 0 Å². The molecule has 0 amide bonds. The number of anilines is 1. The molecule has 0 bridgehead atoms. The van der Waals surface area contributed by atoms with E-state index in [2.05, 4.69) is 9.46 Å². The number of aromatic nitrogens is 1. The van der Waals surface area contributed by atoms with Gasteiger partial charge >= 0.3 is 12.6 Å². The Hall–Kier alpha value is -3.55. The van der Waals surface area contributed by atoms with Crippen LogP contribution in [0.5, 0.6) is 17.2 Å². The molecule has 15 heteroatoms. The average molecular weight is 688 g/mol. The van der Waals surface area contributed by atoms with E-state index in [4.69, 9.17) is 37.4 Å². The van der Waals surface area contributed by atoms with E-state index in [1.165, 1.54) is 36.4 Å². The molecule has 10 nitrogen and oxygen atoms in total. The van der Waals surface area contributed by atoms with E-state index >= 15 is 0 Å². The third-order valence-corrected chi connectivity index (χ3v) is 8.36. The molecule has 0 unspecified atom stereocenters. The van der Waals surface area contributed by atoms with Gasteiger partial charge in [-0.3, -0.25) is 4.72 Å². The number of benzene rings is 2. The van der Waals surface area contributed by atoms with Crippen LogP contribution < -0.4 is 23.7 Å². The fraction of sp³-hybridized carbons (Fsp3) is 0.400. The van der Waals surface area contributed by atoms with Gasteiger partial charge in [0.1, 0.15) is 27.5 Å². The lowest BCUT2D eigenvalue weighted by atomic mass is 10.0. The predicted octanol–water partition coefficient (Wildman–Crippen LogP) is 6.32.